The minimum absolute atomic E-state index is 0.735. The summed E-state index contributed by atoms with van der Waals surface area (Å²) < 4.78 is 0. The molecule has 0 atom stereocenters. The second-order valence-corrected chi connectivity index (χ2v) is 2.89. The van der Waals surface area contributed by atoms with Gasteiger partial charge in [0.2, 0.25) is 0 Å². The monoisotopic (exact) mass is 185 g/mol. The minimum Gasteiger partial charge on any atom is -0.262 e. The molecule has 0 spiro atoms. The molecule has 0 aliphatic rings. The number of hydrogen-bond acceptors (Lipinski definition) is 3. The van der Waals surface area contributed by atoms with Crippen molar-refractivity contribution in [2.45, 2.75) is 0 Å². The van der Waals surface area contributed by atoms with Crippen LogP contribution < -0.4 is 10.9 Å². The van der Waals surface area contributed by atoms with Crippen LogP contribution in [-0.4, -0.2) is 4.98 Å². The molecule has 0 fully saturated rings. The molecule has 0 radical (unpaired) electrons. The van der Waals surface area contributed by atoms with Crippen molar-refractivity contribution in [3.05, 3.63) is 54.7 Å². The van der Waals surface area contributed by atoms with Crippen molar-refractivity contribution in [1.82, 2.24) is 4.98 Å². The normalized spacial score (nSPS) is 9.79. The summed E-state index contributed by atoms with van der Waals surface area (Å²) in [6.07, 6.45) is 1.72. The first-order valence-electron chi connectivity index (χ1n) is 4.39. The fourth-order valence-corrected chi connectivity index (χ4v) is 1.22. The van der Waals surface area contributed by atoms with Crippen molar-refractivity contribution in [2.24, 2.45) is 5.84 Å². The Kier molecular flexibility index (Phi) is 2.42. The molecule has 1 aromatic carbocycles. The third-order valence-corrected chi connectivity index (χ3v) is 1.93. The Bertz CT molecular complexity index is 346. The van der Waals surface area contributed by atoms with E-state index in [4.69, 9.17) is 5.84 Å². The van der Waals surface area contributed by atoms with Crippen LogP contribution in [0.15, 0.2) is 54.7 Å². The molecule has 2 rings (SSSR count). The zero-order chi connectivity index (χ0) is 9.80. The molecule has 3 nitrogen and oxygen atoms in total. The second-order valence-electron chi connectivity index (χ2n) is 2.89. The molecular formula is C11H11N3. The van der Waals surface area contributed by atoms with Gasteiger partial charge in [-0.25, -0.2) is 10.8 Å². The number of para-hydroxylation sites is 1. The highest BCUT2D eigenvalue weighted by Gasteiger charge is 2.02. The summed E-state index contributed by atoms with van der Waals surface area (Å²) in [6, 6.07) is 15.4. The van der Waals surface area contributed by atoms with Crippen LogP contribution in [0.5, 0.6) is 0 Å². The van der Waals surface area contributed by atoms with E-state index in [9.17, 15) is 0 Å². The number of hydrogen-bond donors (Lipinski definition) is 1. The summed E-state index contributed by atoms with van der Waals surface area (Å²) in [6.45, 7) is 0. The van der Waals surface area contributed by atoms with Crippen molar-refractivity contribution in [1.29, 1.82) is 0 Å². The molecule has 0 amide bonds. The molecule has 2 aromatic rings. The fourth-order valence-electron chi connectivity index (χ4n) is 1.22. The van der Waals surface area contributed by atoms with Crippen LogP contribution in [0.4, 0.5) is 11.5 Å². The Morgan fingerprint density at radius 1 is 0.929 bits per heavy atom. The topological polar surface area (TPSA) is 42.1 Å². The maximum atomic E-state index is 5.89. The van der Waals surface area contributed by atoms with Crippen molar-refractivity contribution in [3.63, 3.8) is 0 Å². The number of anilines is 2. The predicted molar refractivity (Wildman–Crippen MR) is 57.0 cm³/mol. The van der Waals surface area contributed by atoms with Crippen LogP contribution in [0.1, 0.15) is 0 Å². The molecule has 3 heteroatoms. The maximum Gasteiger partial charge on any atom is 0.147 e. The van der Waals surface area contributed by atoms with E-state index in [0.717, 1.165) is 11.5 Å². The van der Waals surface area contributed by atoms with E-state index in [1.165, 1.54) is 0 Å². The quantitative estimate of drug-likeness (QED) is 0.575. The first-order valence-corrected chi connectivity index (χ1v) is 4.39. The van der Waals surface area contributed by atoms with Crippen molar-refractivity contribution in [3.8, 4) is 0 Å². The lowest BCUT2D eigenvalue weighted by atomic mass is 10.3. The van der Waals surface area contributed by atoms with Crippen molar-refractivity contribution >= 4 is 11.5 Å². The van der Waals surface area contributed by atoms with Gasteiger partial charge in [0.15, 0.2) is 0 Å². The number of hydrazine groups is 1. The van der Waals surface area contributed by atoms with Gasteiger partial charge in [-0.05, 0) is 24.3 Å². The van der Waals surface area contributed by atoms with E-state index in [0.29, 0.717) is 0 Å². The molecular weight excluding hydrogens is 174 g/mol. The third-order valence-electron chi connectivity index (χ3n) is 1.93. The highest BCUT2D eigenvalue weighted by atomic mass is 15.4. The molecule has 0 saturated heterocycles. The molecule has 0 bridgehead atoms. The van der Waals surface area contributed by atoms with Crippen LogP contribution in [0.2, 0.25) is 0 Å². The Morgan fingerprint density at radius 2 is 1.64 bits per heavy atom. The van der Waals surface area contributed by atoms with Crippen LogP contribution in [0.25, 0.3) is 0 Å². The highest BCUT2D eigenvalue weighted by molar-refractivity contribution is 5.57. The number of nitrogens with zero attached hydrogens (tertiary/aromatic N) is 2. The molecule has 0 saturated carbocycles. The average molecular weight is 185 g/mol. The number of aromatic nitrogens is 1. The standard InChI is InChI=1S/C11H11N3/c12-14(10-6-2-1-3-7-10)11-8-4-5-9-13-11/h1-9H,12H2. The number of rotatable bonds is 2. The summed E-state index contributed by atoms with van der Waals surface area (Å²) in [5.41, 5.74) is 0.922. The molecule has 1 heterocycles. The van der Waals surface area contributed by atoms with Gasteiger partial charge in [0, 0.05) is 6.20 Å². The van der Waals surface area contributed by atoms with E-state index in [1.807, 2.05) is 48.5 Å². The number of nitrogens with two attached hydrogens (primary N) is 1. The first-order chi connectivity index (χ1) is 6.88. The van der Waals surface area contributed by atoms with Gasteiger partial charge in [-0.1, -0.05) is 24.3 Å². The zero-order valence-corrected chi connectivity index (χ0v) is 7.67. The fraction of sp³-hybridized carbons (Fsp3) is 0. The maximum absolute atomic E-state index is 5.89. The largest absolute Gasteiger partial charge is 0.262 e. The van der Waals surface area contributed by atoms with Crippen LogP contribution in [0, 0.1) is 0 Å². The van der Waals surface area contributed by atoms with E-state index in [-0.39, 0.29) is 0 Å². The Balaban J connectivity index is 2.30. The van der Waals surface area contributed by atoms with Crippen LogP contribution in [-0.2, 0) is 0 Å². The van der Waals surface area contributed by atoms with Gasteiger partial charge in [-0.15, -0.1) is 0 Å². The summed E-state index contributed by atoms with van der Waals surface area (Å²) in [5.74, 6) is 6.62. The summed E-state index contributed by atoms with van der Waals surface area (Å²) in [4.78, 5) is 4.16. The summed E-state index contributed by atoms with van der Waals surface area (Å²) >= 11 is 0. The molecule has 1 aromatic heterocycles. The van der Waals surface area contributed by atoms with E-state index in [2.05, 4.69) is 4.98 Å². The molecule has 14 heavy (non-hydrogen) atoms. The lowest BCUT2D eigenvalue weighted by Gasteiger charge is -2.16. The number of pyridine rings is 1. The SMILES string of the molecule is NN(c1ccccc1)c1ccccn1. The van der Waals surface area contributed by atoms with Crippen molar-refractivity contribution < 1.29 is 0 Å². The third kappa shape index (κ3) is 1.72. The lowest BCUT2D eigenvalue weighted by Crippen LogP contribution is -2.25. The van der Waals surface area contributed by atoms with E-state index in [1.54, 1.807) is 11.2 Å². The zero-order valence-electron chi connectivity index (χ0n) is 7.67. The second kappa shape index (κ2) is 3.89. The van der Waals surface area contributed by atoms with Gasteiger partial charge in [-0.2, -0.15) is 0 Å². The smallest absolute Gasteiger partial charge is 0.147 e. The highest BCUT2D eigenvalue weighted by Crippen LogP contribution is 2.17. The summed E-state index contributed by atoms with van der Waals surface area (Å²) in [5, 5.41) is 1.56. The predicted octanol–water partition coefficient (Wildman–Crippen LogP) is 2.09. The van der Waals surface area contributed by atoms with Gasteiger partial charge < -0.3 is 0 Å². The minimum atomic E-state index is 0.735. The van der Waals surface area contributed by atoms with Gasteiger partial charge in [0.05, 0.1) is 5.69 Å². The molecule has 0 unspecified atom stereocenters. The number of benzene rings is 1. The van der Waals surface area contributed by atoms with Crippen LogP contribution in [0.3, 0.4) is 0 Å². The van der Waals surface area contributed by atoms with Crippen molar-refractivity contribution in [2.75, 3.05) is 5.01 Å². The van der Waals surface area contributed by atoms with Crippen LogP contribution >= 0.6 is 0 Å². The molecule has 0 aliphatic carbocycles. The van der Waals surface area contributed by atoms with Gasteiger partial charge in [0.25, 0.3) is 0 Å². The lowest BCUT2D eigenvalue weighted by molar-refractivity contribution is 1.04. The van der Waals surface area contributed by atoms with Gasteiger partial charge in [0.1, 0.15) is 5.82 Å². The Morgan fingerprint density at radius 3 is 2.29 bits per heavy atom. The Labute approximate surface area is 82.8 Å². The summed E-state index contributed by atoms with van der Waals surface area (Å²) in [7, 11) is 0. The van der Waals surface area contributed by atoms with E-state index >= 15 is 0 Å². The first kappa shape index (κ1) is 8.72. The Hall–Kier alpha value is -1.87. The molecule has 70 valence electrons. The van der Waals surface area contributed by atoms with Gasteiger partial charge >= 0.3 is 0 Å². The average Bonchev–Trinajstić information content (AvgIpc) is 2.30. The van der Waals surface area contributed by atoms with Gasteiger partial charge in [-0.3, -0.25) is 5.01 Å². The van der Waals surface area contributed by atoms with E-state index < -0.39 is 0 Å². The molecule has 0 aliphatic heterocycles. The molecule has 2 N–H and O–H groups in total.